The van der Waals surface area contributed by atoms with E-state index in [0.29, 0.717) is 19.8 Å². The lowest BCUT2D eigenvalue weighted by molar-refractivity contribution is 0.0147. The van der Waals surface area contributed by atoms with Crippen LogP contribution in [0.2, 0.25) is 25.7 Å². The van der Waals surface area contributed by atoms with E-state index in [1.165, 1.54) is 48.9 Å². The average molecular weight is 625 g/mol. The van der Waals surface area contributed by atoms with Crippen LogP contribution >= 0.6 is 0 Å². The quantitative estimate of drug-likeness (QED) is 0.163. The maximum absolute atomic E-state index is 10.9. The first-order chi connectivity index (χ1) is 21.6. The summed E-state index contributed by atoms with van der Waals surface area (Å²) in [7, 11) is -1.20. The highest BCUT2D eigenvalue weighted by atomic mass is 28.3. The standard InChI is InChI=1S/C37H48N4O3Si/c1-37(42)15-18-44-34-23-29(11-12-33(34)37)35-32-22-30(24-38-36(32)41(39-35)25-43-19-20-45(2,3)4)27-10-9-26-13-16-40(17-14-28(26)21-27)31-7-5-6-8-31/h9-12,21-24,31,42H,5-8,13-20,25H2,1-4H3. The largest absolute Gasteiger partial charge is 0.493 e. The Morgan fingerprint density at radius 1 is 0.978 bits per heavy atom. The number of pyridine rings is 1. The number of hydrogen-bond donors (Lipinski definition) is 1. The Morgan fingerprint density at radius 2 is 1.76 bits per heavy atom. The van der Waals surface area contributed by atoms with Crippen molar-refractivity contribution in [2.45, 2.75) is 95.9 Å². The molecule has 45 heavy (non-hydrogen) atoms. The lowest BCUT2D eigenvalue weighted by Gasteiger charge is -2.31. The molecule has 0 spiro atoms. The van der Waals surface area contributed by atoms with Gasteiger partial charge in [0.25, 0.3) is 0 Å². The molecule has 2 aromatic carbocycles. The van der Waals surface area contributed by atoms with Crippen LogP contribution < -0.4 is 4.74 Å². The Balaban J connectivity index is 1.22. The van der Waals surface area contributed by atoms with E-state index in [2.05, 4.69) is 48.8 Å². The Labute approximate surface area is 268 Å². The zero-order valence-corrected chi connectivity index (χ0v) is 28.4. The summed E-state index contributed by atoms with van der Waals surface area (Å²) in [4.78, 5) is 7.73. The first-order valence-corrected chi connectivity index (χ1v) is 20.7. The molecule has 1 N–H and O–H groups in total. The Hall–Kier alpha value is -3.04. The van der Waals surface area contributed by atoms with Gasteiger partial charge >= 0.3 is 0 Å². The van der Waals surface area contributed by atoms with Gasteiger partial charge in [-0.1, -0.05) is 62.8 Å². The molecule has 4 heterocycles. The minimum atomic E-state index is -1.20. The highest BCUT2D eigenvalue weighted by Crippen LogP contribution is 2.40. The summed E-state index contributed by atoms with van der Waals surface area (Å²) in [6.45, 7) is 12.9. The number of rotatable bonds is 8. The third kappa shape index (κ3) is 6.48. The summed E-state index contributed by atoms with van der Waals surface area (Å²) in [6.07, 6.45) is 10.3. The van der Waals surface area contributed by atoms with Crippen LogP contribution in [-0.2, 0) is 29.9 Å². The van der Waals surface area contributed by atoms with E-state index in [1.807, 2.05) is 36.0 Å². The molecule has 3 aliphatic rings. The molecule has 1 fully saturated rings. The van der Waals surface area contributed by atoms with Gasteiger partial charge < -0.3 is 14.6 Å². The van der Waals surface area contributed by atoms with Crippen molar-refractivity contribution in [1.29, 1.82) is 0 Å². The molecule has 8 heteroatoms. The fourth-order valence-corrected chi connectivity index (χ4v) is 8.09. The molecule has 1 saturated carbocycles. The van der Waals surface area contributed by atoms with E-state index >= 15 is 0 Å². The smallest absolute Gasteiger partial charge is 0.160 e. The van der Waals surface area contributed by atoms with Crippen LogP contribution in [0.25, 0.3) is 33.4 Å². The van der Waals surface area contributed by atoms with Crippen LogP contribution in [0.4, 0.5) is 0 Å². The third-order valence-electron chi connectivity index (χ3n) is 10.2. The van der Waals surface area contributed by atoms with Crippen LogP contribution in [0.3, 0.4) is 0 Å². The molecule has 1 atom stereocenters. The SMILES string of the molecule is CC1(O)CCOc2cc(-c3nn(COCC[Si](C)(C)C)c4ncc(-c5ccc6c(c5)CCN(C5CCCC5)CC6)cc34)ccc21. The van der Waals surface area contributed by atoms with Crippen LogP contribution in [0, 0.1) is 0 Å². The fourth-order valence-electron chi connectivity index (χ4n) is 7.33. The molecule has 238 valence electrons. The summed E-state index contributed by atoms with van der Waals surface area (Å²) >= 11 is 0. The van der Waals surface area contributed by atoms with Gasteiger partial charge in [0.2, 0.25) is 0 Å². The van der Waals surface area contributed by atoms with Crippen molar-refractivity contribution in [1.82, 2.24) is 19.7 Å². The molecule has 0 radical (unpaired) electrons. The summed E-state index contributed by atoms with van der Waals surface area (Å²) < 4.78 is 14.0. The molecular formula is C37H48N4O3Si. The Morgan fingerprint density at radius 3 is 2.56 bits per heavy atom. The van der Waals surface area contributed by atoms with Crippen molar-refractivity contribution in [2.24, 2.45) is 0 Å². The Bertz CT molecular complexity index is 1690. The molecule has 0 bridgehead atoms. The second-order valence-corrected chi connectivity index (χ2v) is 20.5. The highest BCUT2D eigenvalue weighted by molar-refractivity contribution is 6.76. The van der Waals surface area contributed by atoms with Gasteiger partial charge in [0.15, 0.2) is 5.65 Å². The van der Waals surface area contributed by atoms with E-state index in [1.54, 1.807) is 0 Å². The molecular weight excluding hydrogens is 577 g/mol. The second kappa shape index (κ2) is 12.3. The first kappa shape index (κ1) is 30.6. The van der Waals surface area contributed by atoms with Gasteiger partial charge in [-0.2, -0.15) is 5.10 Å². The van der Waals surface area contributed by atoms with Crippen molar-refractivity contribution in [2.75, 3.05) is 26.3 Å². The monoisotopic (exact) mass is 624 g/mol. The summed E-state index contributed by atoms with van der Waals surface area (Å²) in [5, 5.41) is 17.0. The zero-order valence-electron chi connectivity index (χ0n) is 27.4. The maximum atomic E-state index is 10.9. The lowest BCUT2D eigenvalue weighted by atomic mass is 9.89. The van der Waals surface area contributed by atoms with E-state index in [-0.39, 0.29) is 0 Å². The van der Waals surface area contributed by atoms with Crippen molar-refractivity contribution in [3.8, 4) is 28.1 Å². The maximum Gasteiger partial charge on any atom is 0.160 e. The third-order valence-corrected chi connectivity index (χ3v) is 11.9. The molecule has 2 aliphatic heterocycles. The van der Waals surface area contributed by atoms with Gasteiger partial charge in [0.05, 0.1) is 12.2 Å². The fraction of sp³-hybridized carbons (Fsp3) is 0.514. The van der Waals surface area contributed by atoms with Crippen LogP contribution in [0.5, 0.6) is 5.75 Å². The normalized spacial score (nSPS) is 21.0. The van der Waals surface area contributed by atoms with Crippen molar-refractivity contribution in [3.05, 3.63) is 65.4 Å². The van der Waals surface area contributed by atoms with Gasteiger partial charge in [-0.25, -0.2) is 9.67 Å². The molecule has 1 unspecified atom stereocenters. The first-order valence-electron chi connectivity index (χ1n) is 17.0. The highest BCUT2D eigenvalue weighted by Gasteiger charge is 2.31. The van der Waals surface area contributed by atoms with Gasteiger partial charge in [0.1, 0.15) is 18.2 Å². The summed E-state index contributed by atoms with van der Waals surface area (Å²) in [6, 6.07) is 17.2. The number of aliphatic hydroxyl groups is 1. The van der Waals surface area contributed by atoms with Crippen molar-refractivity contribution < 1.29 is 14.6 Å². The molecule has 0 saturated heterocycles. The number of fused-ring (bicyclic) bond motifs is 3. The topological polar surface area (TPSA) is 72.6 Å². The molecule has 0 amide bonds. The molecule has 7 rings (SSSR count). The number of benzene rings is 2. The minimum absolute atomic E-state index is 0.361. The zero-order chi connectivity index (χ0) is 31.2. The van der Waals surface area contributed by atoms with Gasteiger partial charge in [0, 0.05) is 68.5 Å². The van der Waals surface area contributed by atoms with Crippen LogP contribution in [-0.4, -0.2) is 65.2 Å². The second-order valence-electron chi connectivity index (χ2n) is 14.8. The summed E-state index contributed by atoms with van der Waals surface area (Å²) in [5.74, 6) is 0.722. The molecule has 4 aromatic rings. The predicted octanol–water partition coefficient (Wildman–Crippen LogP) is 7.41. The van der Waals surface area contributed by atoms with E-state index in [0.717, 1.165) is 77.2 Å². The molecule has 2 aromatic heterocycles. The van der Waals surface area contributed by atoms with Crippen LogP contribution in [0.15, 0.2) is 48.7 Å². The lowest BCUT2D eigenvalue weighted by Crippen LogP contribution is -2.35. The van der Waals surface area contributed by atoms with Crippen molar-refractivity contribution in [3.63, 3.8) is 0 Å². The molecule has 1 aliphatic carbocycles. The predicted molar refractivity (Wildman–Crippen MR) is 183 cm³/mol. The van der Waals surface area contributed by atoms with Crippen LogP contribution in [0.1, 0.15) is 55.7 Å². The van der Waals surface area contributed by atoms with Gasteiger partial charge in [-0.05, 0) is 67.5 Å². The number of aromatic nitrogens is 3. The number of hydrogen-bond acceptors (Lipinski definition) is 6. The minimum Gasteiger partial charge on any atom is -0.493 e. The molecule has 7 nitrogen and oxygen atoms in total. The average Bonchev–Trinajstić information content (AvgIpc) is 3.62. The van der Waals surface area contributed by atoms with Crippen molar-refractivity contribution >= 4 is 19.1 Å². The van der Waals surface area contributed by atoms with Gasteiger partial charge in [-0.15, -0.1) is 0 Å². The van der Waals surface area contributed by atoms with E-state index in [4.69, 9.17) is 19.6 Å². The van der Waals surface area contributed by atoms with E-state index in [9.17, 15) is 5.11 Å². The summed E-state index contributed by atoms with van der Waals surface area (Å²) in [5.41, 5.74) is 7.80. The number of ether oxygens (including phenoxy) is 2. The van der Waals surface area contributed by atoms with E-state index < -0.39 is 13.7 Å². The number of nitrogens with zero attached hydrogens (tertiary/aromatic N) is 4. The van der Waals surface area contributed by atoms with Gasteiger partial charge in [-0.3, -0.25) is 4.90 Å². The Kier molecular flexibility index (Phi) is 8.35.